The molecule has 0 unspecified atom stereocenters. The van der Waals surface area contributed by atoms with E-state index in [9.17, 15) is 22.4 Å². The van der Waals surface area contributed by atoms with Crippen LogP contribution in [0.4, 0.5) is 10.1 Å². The highest BCUT2D eigenvalue weighted by Crippen LogP contribution is 2.49. The standard InChI is InChI=1S/C33H35FN2O7S/c1-21(37)23-6-4-22(5-7-23)20-42-19-18-41-17-16-36(44(3,39)40)31-27(24-8-9-24)14-15-28-29(31)30(33(38)35-2)32(43-28)25-10-12-26(34)13-11-25/h4-7,10-15,24H,8-9,16-20H2,1-3H3,(H,35,38). The van der Waals surface area contributed by atoms with E-state index < -0.39 is 21.7 Å². The van der Waals surface area contributed by atoms with Crippen LogP contribution in [0.1, 0.15) is 57.5 Å². The molecular formula is C33H35FN2O7S. The van der Waals surface area contributed by atoms with Gasteiger partial charge in [-0.15, -0.1) is 0 Å². The molecule has 0 saturated heterocycles. The van der Waals surface area contributed by atoms with E-state index >= 15 is 0 Å². The van der Waals surface area contributed by atoms with Crippen LogP contribution in [0.5, 0.6) is 0 Å². The number of carbonyl (C=O) groups excluding carboxylic acids is 2. The summed E-state index contributed by atoms with van der Waals surface area (Å²) in [6.07, 6.45) is 2.93. The molecule has 1 saturated carbocycles. The maximum absolute atomic E-state index is 13.7. The first-order chi connectivity index (χ1) is 21.1. The molecule has 1 N–H and O–H groups in total. The second-order valence-electron chi connectivity index (χ2n) is 10.8. The molecule has 4 aromatic rings. The summed E-state index contributed by atoms with van der Waals surface area (Å²) < 4.78 is 59.2. The normalized spacial score (nSPS) is 13.3. The number of amides is 1. The third-order valence-electron chi connectivity index (χ3n) is 7.53. The number of nitrogens with zero attached hydrogens (tertiary/aromatic N) is 1. The van der Waals surface area contributed by atoms with Crippen LogP contribution in [0.15, 0.2) is 65.1 Å². The Hall–Kier alpha value is -4.06. The van der Waals surface area contributed by atoms with Crippen LogP contribution in [-0.2, 0) is 26.1 Å². The van der Waals surface area contributed by atoms with Crippen molar-refractivity contribution in [3.8, 4) is 11.3 Å². The molecule has 11 heteroatoms. The molecule has 1 amide bonds. The Kier molecular flexibility index (Phi) is 9.48. The van der Waals surface area contributed by atoms with Gasteiger partial charge < -0.3 is 19.2 Å². The quantitative estimate of drug-likeness (QED) is 0.142. The SMILES string of the molecule is CNC(=O)c1c(-c2ccc(F)cc2)oc2ccc(C3CC3)c(N(CCOCCOCc3ccc(C(C)=O)cc3)S(C)(=O)=O)c12. The van der Waals surface area contributed by atoms with E-state index in [1.165, 1.54) is 42.5 Å². The van der Waals surface area contributed by atoms with E-state index in [0.29, 0.717) is 41.0 Å². The smallest absolute Gasteiger partial charge is 0.255 e. The van der Waals surface area contributed by atoms with Crippen molar-refractivity contribution in [2.24, 2.45) is 0 Å². The first kappa shape index (κ1) is 31.4. The van der Waals surface area contributed by atoms with Crippen molar-refractivity contribution in [3.63, 3.8) is 0 Å². The molecule has 1 heterocycles. The molecule has 1 aromatic heterocycles. The van der Waals surface area contributed by atoms with Crippen molar-refractivity contribution in [2.75, 3.05) is 44.0 Å². The van der Waals surface area contributed by atoms with Gasteiger partial charge in [-0.2, -0.15) is 0 Å². The number of carbonyl (C=O) groups is 2. The molecule has 1 fully saturated rings. The fourth-order valence-electron chi connectivity index (χ4n) is 5.17. The number of nitrogens with one attached hydrogen (secondary N) is 1. The van der Waals surface area contributed by atoms with Gasteiger partial charge in [0.25, 0.3) is 5.91 Å². The highest BCUT2D eigenvalue weighted by molar-refractivity contribution is 7.92. The highest BCUT2D eigenvalue weighted by atomic mass is 32.2. The Balaban J connectivity index is 1.38. The van der Waals surface area contributed by atoms with Gasteiger partial charge in [0.1, 0.15) is 17.2 Å². The van der Waals surface area contributed by atoms with Gasteiger partial charge in [-0.25, -0.2) is 12.8 Å². The predicted molar refractivity (Wildman–Crippen MR) is 166 cm³/mol. The Morgan fingerprint density at radius 3 is 2.27 bits per heavy atom. The number of anilines is 1. The van der Waals surface area contributed by atoms with E-state index in [0.717, 1.165) is 30.2 Å². The third-order valence-corrected chi connectivity index (χ3v) is 8.69. The third kappa shape index (κ3) is 7.01. The lowest BCUT2D eigenvalue weighted by molar-refractivity contribution is 0.0435. The summed E-state index contributed by atoms with van der Waals surface area (Å²) in [5.41, 5.74) is 3.80. The summed E-state index contributed by atoms with van der Waals surface area (Å²) in [5.74, 6) is -0.499. The minimum Gasteiger partial charge on any atom is -0.455 e. The number of hydrogen-bond acceptors (Lipinski definition) is 7. The Labute approximate surface area is 256 Å². The van der Waals surface area contributed by atoms with Gasteiger partial charge in [0.2, 0.25) is 10.0 Å². The van der Waals surface area contributed by atoms with Gasteiger partial charge in [0.05, 0.1) is 55.9 Å². The molecular weight excluding hydrogens is 587 g/mol. The number of ether oxygens (including phenoxy) is 2. The molecule has 0 radical (unpaired) electrons. The molecule has 1 aliphatic rings. The number of hydrogen-bond donors (Lipinski definition) is 1. The summed E-state index contributed by atoms with van der Waals surface area (Å²) in [5, 5.41) is 3.03. The molecule has 0 atom stereocenters. The molecule has 0 bridgehead atoms. The molecule has 1 aliphatic carbocycles. The number of sulfonamides is 1. The van der Waals surface area contributed by atoms with E-state index in [2.05, 4.69) is 5.32 Å². The van der Waals surface area contributed by atoms with Gasteiger partial charge in [-0.05, 0) is 67.1 Å². The maximum Gasteiger partial charge on any atom is 0.255 e. The Morgan fingerprint density at radius 2 is 1.66 bits per heavy atom. The van der Waals surface area contributed by atoms with Gasteiger partial charge in [0, 0.05) is 18.2 Å². The van der Waals surface area contributed by atoms with Crippen molar-refractivity contribution in [3.05, 3.63) is 88.7 Å². The Bertz CT molecular complexity index is 1760. The number of Topliss-reactive ketones (excluding diaryl/α,β-unsaturated/α-hetero) is 1. The maximum atomic E-state index is 13.7. The van der Waals surface area contributed by atoms with Crippen LogP contribution < -0.4 is 9.62 Å². The number of furan rings is 1. The number of fused-ring (bicyclic) bond motifs is 1. The monoisotopic (exact) mass is 622 g/mol. The summed E-state index contributed by atoms with van der Waals surface area (Å²) in [4.78, 5) is 24.8. The molecule has 44 heavy (non-hydrogen) atoms. The van der Waals surface area contributed by atoms with Gasteiger partial charge in [-0.3, -0.25) is 13.9 Å². The van der Waals surface area contributed by atoms with Crippen LogP contribution in [-0.4, -0.2) is 59.8 Å². The van der Waals surface area contributed by atoms with Crippen molar-refractivity contribution >= 4 is 38.4 Å². The fourth-order valence-corrected chi connectivity index (χ4v) is 6.10. The van der Waals surface area contributed by atoms with E-state index in [1.54, 1.807) is 18.2 Å². The van der Waals surface area contributed by atoms with Crippen molar-refractivity contribution in [2.45, 2.75) is 32.3 Å². The lowest BCUT2D eigenvalue weighted by Crippen LogP contribution is -2.34. The minimum absolute atomic E-state index is 0.000404. The zero-order valence-corrected chi connectivity index (χ0v) is 25.7. The molecule has 0 aliphatic heterocycles. The van der Waals surface area contributed by atoms with Crippen LogP contribution in [0.3, 0.4) is 0 Å². The number of benzene rings is 3. The topological polar surface area (TPSA) is 115 Å². The van der Waals surface area contributed by atoms with Crippen molar-refractivity contribution < 1.29 is 36.3 Å². The minimum atomic E-state index is -3.82. The molecule has 5 rings (SSSR count). The zero-order chi connectivity index (χ0) is 31.4. The molecule has 9 nitrogen and oxygen atoms in total. The highest BCUT2D eigenvalue weighted by Gasteiger charge is 2.35. The van der Waals surface area contributed by atoms with E-state index in [4.69, 9.17) is 13.9 Å². The van der Waals surface area contributed by atoms with Crippen LogP contribution in [0, 0.1) is 5.82 Å². The molecule has 3 aromatic carbocycles. The largest absolute Gasteiger partial charge is 0.455 e. The average molecular weight is 623 g/mol. The van der Waals surface area contributed by atoms with Crippen molar-refractivity contribution in [1.29, 1.82) is 0 Å². The summed E-state index contributed by atoms with van der Waals surface area (Å²) >= 11 is 0. The number of halogens is 1. The lowest BCUT2D eigenvalue weighted by Gasteiger charge is -2.26. The fraction of sp³-hybridized carbons (Fsp3) is 0.333. The van der Waals surface area contributed by atoms with E-state index in [-0.39, 0.29) is 42.8 Å². The van der Waals surface area contributed by atoms with Gasteiger partial charge >= 0.3 is 0 Å². The first-order valence-corrected chi connectivity index (χ1v) is 16.2. The van der Waals surface area contributed by atoms with Gasteiger partial charge in [-0.1, -0.05) is 30.3 Å². The van der Waals surface area contributed by atoms with E-state index in [1.807, 2.05) is 18.2 Å². The van der Waals surface area contributed by atoms with Crippen LogP contribution >= 0.6 is 0 Å². The number of rotatable bonds is 14. The van der Waals surface area contributed by atoms with Crippen LogP contribution in [0.25, 0.3) is 22.3 Å². The average Bonchev–Trinajstić information content (AvgIpc) is 3.77. The van der Waals surface area contributed by atoms with Crippen molar-refractivity contribution in [1.82, 2.24) is 5.32 Å². The first-order valence-electron chi connectivity index (χ1n) is 14.4. The lowest BCUT2D eigenvalue weighted by atomic mass is 9.99. The zero-order valence-electron chi connectivity index (χ0n) is 24.9. The predicted octanol–water partition coefficient (Wildman–Crippen LogP) is 5.68. The second kappa shape index (κ2) is 13.3. The number of ketones is 1. The summed E-state index contributed by atoms with van der Waals surface area (Å²) in [6.45, 7) is 2.49. The summed E-state index contributed by atoms with van der Waals surface area (Å²) in [6, 6.07) is 16.4. The Morgan fingerprint density at radius 1 is 0.977 bits per heavy atom. The molecule has 0 spiro atoms. The van der Waals surface area contributed by atoms with Crippen LogP contribution in [0.2, 0.25) is 0 Å². The second-order valence-corrected chi connectivity index (χ2v) is 12.7. The van der Waals surface area contributed by atoms with Gasteiger partial charge in [0.15, 0.2) is 5.78 Å². The summed E-state index contributed by atoms with van der Waals surface area (Å²) in [7, 11) is -2.32. The molecule has 232 valence electrons.